The van der Waals surface area contributed by atoms with E-state index in [2.05, 4.69) is 5.10 Å². The highest BCUT2D eigenvalue weighted by Gasteiger charge is 2.15. The highest BCUT2D eigenvalue weighted by atomic mass is 35.5. The molecule has 2 rings (SSSR count). The lowest BCUT2D eigenvalue weighted by molar-refractivity contribution is 0.280. The number of aromatic nitrogens is 2. The number of aliphatic hydroxyl groups excluding tert-OH is 2. The topological polar surface area (TPSA) is 87.0 Å². The first-order valence-corrected chi connectivity index (χ1v) is 5.47. The molecule has 0 saturated carbocycles. The largest absolute Gasteiger partial charge is 0.395 e. The number of nitrogens with two attached hydrogens (primary N) is 1. The Morgan fingerprint density at radius 1 is 1.22 bits per heavy atom. The normalized spacial score (nSPS) is 10.3. The van der Waals surface area contributed by atoms with E-state index in [1.54, 1.807) is 9.42 Å². The molecular formula is C11H17ClN4O2. The molecule has 7 heteroatoms. The minimum atomic E-state index is -0.00664. The molecule has 100 valence electrons. The quantitative estimate of drug-likeness (QED) is 0.720. The summed E-state index contributed by atoms with van der Waals surface area (Å²) in [5.74, 6) is 0.597. The highest BCUT2D eigenvalue weighted by molar-refractivity contribution is 5.85. The van der Waals surface area contributed by atoms with Gasteiger partial charge in [0.1, 0.15) is 5.69 Å². The van der Waals surface area contributed by atoms with Crippen molar-refractivity contribution >= 4 is 29.4 Å². The Balaban J connectivity index is 0.00000162. The lowest BCUT2D eigenvalue weighted by atomic mass is 10.3. The molecule has 0 bridgehead atoms. The summed E-state index contributed by atoms with van der Waals surface area (Å²) in [4.78, 5) is 1.77. The molecule has 0 saturated heterocycles. The van der Waals surface area contributed by atoms with Crippen LogP contribution in [0.4, 0.5) is 11.5 Å². The maximum absolute atomic E-state index is 8.99. The molecule has 6 nitrogen and oxygen atoms in total. The first-order chi connectivity index (χ1) is 8.27. The molecule has 18 heavy (non-hydrogen) atoms. The number of aliphatic hydroxyl groups is 2. The molecule has 0 aliphatic rings. The number of fused-ring (bicyclic) bond motifs is 1. The number of nitrogens with zero attached hydrogens (tertiary/aromatic N) is 3. The van der Waals surface area contributed by atoms with Crippen molar-refractivity contribution in [3.8, 4) is 0 Å². The minimum absolute atomic E-state index is 0. The fourth-order valence-electron chi connectivity index (χ4n) is 1.80. The number of pyridine rings is 1. The van der Waals surface area contributed by atoms with E-state index in [1.165, 1.54) is 0 Å². The number of hydrogen-bond donors (Lipinski definition) is 3. The SMILES string of the molecule is Cl.Nc1c(N(CCO)CCO)nn2ccccc12. The van der Waals surface area contributed by atoms with Crippen molar-refractivity contribution in [1.82, 2.24) is 9.61 Å². The molecule has 0 aliphatic heterocycles. The van der Waals surface area contributed by atoms with Crippen LogP contribution in [-0.4, -0.2) is 46.1 Å². The molecule has 0 spiro atoms. The zero-order valence-corrected chi connectivity index (χ0v) is 10.7. The highest BCUT2D eigenvalue weighted by Crippen LogP contribution is 2.25. The Hall–Kier alpha value is -1.50. The van der Waals surface area contributed by atoms with E-state index < -0.39 is 0 Å². The summed E-state index contributed by atoms with van der Waals surface area (Å²) < 4.78 is 1.69. The van der Waals surface area contributed by atoms with E-state index in [0.29, 0.717) is 24.6 Å². The number of anilines is 2. The Morgan fingerprint density at radius 3 is 2.44 bits per heavy atom. The standard InChI is InChI=1S/C11H16N4O2.ClH/c12-10-9-3-1-2-4-15(9)13-11(10)14(5-7-16)6-8-17;/h1-4,16-17H,5-8,12H2;1H. The molecule has 2 heterocycles. The lowest BCUT2D eigenvalue weighted by Gasteiger charge is -2.20. The third kappa shape index (κ3) is 2.66. The van der Waals surface area contributed by atoms with Gasteiger partial charge in [-0.1, -0.05) is 6.07 Å². The number of hydrogen-bond acceptors (Lipinski definition) is 5. The second kappa shape index (κ2) is 6.44. The Bertz CT molecular complexity index is 497. The van der Waals surface area contributed by atoms with Crippen LogP contribution in [0.2, 0.25) is 0 Å². The molecule has 0 aromatic carbocycles. The fraction of sp³-hybridized carbons (Fsp3) is 0.364. The van der Waals surface area contributed by atoms with Crippen molar-refractivity contribution in [1.29, 1.82) is 0 Å². The predicted molar refractivity (Wildman–Crippen MR) is 73.2 cm³/mol. The Morgan fingerprint density at radius 2 is 1.89 bits per heavy atom. The summed E-state index contributed by atoms with van der Waals surface area (Å²) in [5.41, 5.74) is 7.40. The van der Waals surface area contributed by atoms with E-state index in [9.17, 15) is 0 Å². The van der Waals surface area contributed by atoms with Crippen molar-refractivity contribution in [2.75, 3.05) is 36.9 Å². The van der Waals surface area contributed by atoms with Gasteiger partial charge in [-0.2, -0.15) is 0 Å². The van der Waals surface area contributed by atoms with Gasteiger partial charge in [-0.15, -0.1) is 17.5 Å². The van der Waals surface area contributed by atoms with Gasteiger partial charge in [0.05, 0.1) is 18.7 Å². The molecule has 2 aromatic rings. The monoisotopic (exact) mass is 272 g/mol. The van der Waals surface area contributed by atoms with Crippen LogP contribution in [-0.2, 0) is 0 Å². The molecule has 4 N–H and O–H groups in total. The van der Waals surface area contributed by atoms with Crippen LogP contribution in [0.1, 0.15) is 0 Å². The third-order valence-corrected chi connectivity index (χ3v) is 2.60. The zero-order valence-electron chi connectivity index (χ0n) is 9.86. The summed E-state index contributed by atoms with van der Waals surface area (Å²) in [6.07, 6.45) is 1.81. The molecule has 2 aromatic heterocycles. The number of halogens is 1. The second-order valence-electron chi connectivity index (χ2n) is 3.70. The van der Waals surface area contributed by atoms with E-state index in [4.69, 9.17) is 15.9 Å². The van der Waals surface area contributed by atoms with Crippen LogP contribution in [0.15, 0.2) is 24.4 Å². The lowest BCUT2D eigenvalue weighted by Crippen LogP contribution is -2.30. The third-order valence-electron chi connectivity index (χ3n) is 2.60. The maximum atomic E-state index is 8.99. The molecule has 0 fully saturated rings. The van der Waals surface area contributed by atoms with Crippen LogP contribution in [0.3, 0.4) is 0 Å². The van der Waals surface area contributed by atoms with Gasteiger partial charge in [0.15, 0.2) is 5.82 Å². The van der Waals surface area contributed by atoms with Crippen LogP contribution in [0.5, 0.6) is 0 Å². The van der Waals surface area contributed by atoms with E-state index in [1.807, 2.05) is 24.4 Å². The zero-order chi connectivity index (χ0) is 12.3. The van der Waals surface area contributed by atoms with Crippen LogP contribution in [0.25, 0.3) is 5.52 Å². The molecule has 0 radical (unpaired) electrons. The van der Waals surface area contributed by atoms with Gasteiger partial charge in [-0.05, 0) is 12.1 Å². The smallest absolute Gasteiger partial charge is 0.175 e. The van der Waals surface area contributed by atoms with Crippen molar-refractivity contribution in [3.05, 3.63) is 24.4 Å². The van der Waals surface area contributed by atoms with Gasteiger partial charge in [0.2, 0.25) is 0 Å². The molecular weight excluding hydrogens is 256 g/mol. The van der Waals surface area contributed by atoms with Crippen LogP contribution < -0.4 is 10.6 Å². The van der Waals surface area contributed by atoms with Gasteiger partial charge in [-0.3, -0.25) is 0 Å². The summed E-state index contributed by atoms with van der Waals surface area (Å²) in [5, 5.41) is 22.3. The van der Waals surface area contributed by atoms with Gasteiger partial charge in [0, 0.05) is 19.3 Å². The second-order valence-corrected chi connectivity index (χ2v) is 3.70. The Labute approximate surface area is 111 Å². The Kier molecular flexibility index (Phi) is 5.21. The summed E-state index contributed by atoms with van der Waals surface area (Å²) in [6.45, 7) is 0.782. The fourth-order valence-corrected chi connectivity index (χ4v) is 1.80. The molecule has 0 unspecified atom stereocenters. The average Bonchev–Trinajstić information content (AvgIpc) is 2.67. The number of nitrogen functional groups attached to an aromatic ring is 1. The van der Waals surface area contributed by atoms with Gasteiger partial charge in [-0.25, -0.2) is 4.52 Å². The van der Waals surface area contributed by atoms with Crippen molar-refractivity contribution in [2.24, 2.45) is 0 Å². The van der Waals surface area contributed by atoms with E-state index >= 15 is 0 Å². The predicted octanol–water partition coefficient (Wildman–Crippen LogP) is 0.129. The van der Waals surface area contributed by atoms with Crippen LogP contribution >= 0.6 is 12.4 Å². The summed E-state index contributed by atoms with van der Waals surface area (Å²) in [7, 11) is 0. The number of rotatable bonds is 5. The van der Waals surface area contributed by atoms with Crippen molar-refractivity contribution in [3.63, 3.8) is 0 Å². The molecule has 0 aliphatic carbocycles. The van der Waals surface area contributed by atoms with Gasteiger partial charge < -0.3 is 20.8 Å². The minimum Gasteiger partial charge on any atom is -0.395 e. The van der Waals surface area contributed by atoms with Gasteiger partial charge in [0.25, 0.3) is 0 Å². The van der Waals surface area contributed by atoms with Crippen LogP contribution in [0, 0.1) is 0 Å². The summed E-state index contributed by atoms with van der Waals surface area (Å²) >= 11 is 0. The maximum Gasteiger partial charge on any atom is 0.175 e. The molecule has 0 atom stereocenters. The van der Waals surface area contributed by atoms with Crippen molar-refractivity contribution in [2.45, 2.75) is 0 Å². The van der Waals surface area contributed by atoms with Crippen molar-refractivity contribution < 1.29 is 10.2 Å². The first-order valence-electron chi connectivity index (χ1n) is 5.47. The van der Waals surface area contributed by atoms with E-state index in [0.717, 1.165) is 5.52 Å². The summed E-state index contributed by atoms with van der Waals surface area (Å²) in [6, 6.07) is 5.63. The molecule has 0 amide bonds. The van der Waals surface area contributed by atoms with Gasteiger partial charge >= 0.3 is 0 Å². The first kappa shape index (κ1) is 14.6. The average molecular weight is 273 g/mol. The van der Waals surface area contributed by atoms with E-state index in [-0.39, 0.29) is 25.6 Å².